The molecule has 1 N–H and O–H groups in total. The minimum absolute atomic E-state index is 0.00647. The highest BCUT2D eigenvalue weighted by Crippen LogP contribution is 2.31. The van der Waals surface area contributed by atoms with Crippen molar-refractivity contribution in [2.24, 2.45) is 7.05 Å². The molecule has 0 saturated carbocycles. The first-order valence-electron chi connectivity index (χ1n) is 8.28. The predicted molar refractivity (Wildman–Crippen MR) is 96.2 cm³/mol. The number of aryl methyl sites for hydroxylation is 3. The van der Waals surface area contributed by atoms with Gasteiger partial charge in [-0.05, 0) is 43.5 Å². The number of nitrogens with one attached hydrogen (secondary N) is 1. The number of nitrogens with zero attached hydrogens (tertiary/aromatic N) is 3. The Morgan fingerprint density at radius 2 is 2.04 bits per heavy atom. The van der Waals surface area contributed by atoms with Crippen LogP contribution in [0.25, 0.3) is 0 Å². The summed E-state index contributed by atoms with van der Waals surface area (Å²) in [7, 11) is -1.99. The zero-order chi connectivity index (χ0) is 18.2. The van der Waals surface area contributed by atoms with Gasteiger partial charge in [0, 0.05) is 37.6 Å². The molecule has 3 rings (SSSR count). The zero-order valence-corrected chi connectivity index (χ0v) is 15.4. The zero-order valence-electron chi connectivity index (χ0n) is 14.6. The van der Waals surface area contributed by atoms with Gasteiger partial charge < -0.3 is 9.47 Å². The average molecular weight is 362 g/mol. The van der Waals surface area contributed by atoms with E-state index < -0.39 is 10.0 Å². The van der Waals surface area contributed by atoms with E-state index >= 15 is 0 Å². The first-order valence-corrected chi connectivity index (χ1v) is 9.76. The van der Waals surface area contributed by atoms with Crippen LogP contribution in [0.5, 0.6) is 0 Å². The standard InChI is InChI=1S/C17H22N4O3S/c1-4-9-21-15-7-6-14(10-13(15)5-8-17(21)22)19-25(23,24)16-11-20(3)12(2)18-16/h6-7,10-11,19H,4-5,8-9H2,1-3H3. The minimum atomic E-state index is -3.74. The van der Waals surface area contributed by atoms with Gasteiger partial charge in [-0.1, -0.05) is 6.92 Å². The number of anilines is 2. The lowest BCUT2D eigenvalue weighted by Crippen LogP contribution is -2.35. The first kappa shape index (κ1) is 17.5. The normalized spacial score (nSPS) is 14.5. The number of fused-ring (bicyclic) bond motifs is 1. The summed E-state index contributed by atoms with van der Waals surface area (Å²) in [5.74, 6) is 0.742. The van der Waals surface area contributed by atoms with E-state index in [4.69, 9.17) is 0 Å². The van der Waals surface area contributed by atoms with Gasteiger partial charge in [0.15, 0.2) is 5.03 Å². The predicted octanol–water partition coefficient (Wildman–Crippen LogP) is 2.22. The molecule has 8 heteroatoms. The molecule has 134 valence electrons. The van der Waals surface area contributed by atoms with Gasteiger partial charge in [0.25, 0.3) is 10.0 Å². The van der Waals surface area contributed by atoms with E-state index in [0.29, 0.717) is 30.9 Å². The van der Waals surface area contributed by atoms with E-state index in [1.54, 1.807) is 35.6 Å². The molecule has 1 aliphatic heterocycles. The van der Waals surface area contributed by atoms with Crippen molar-refractivity contribution in [1.82, 2.24) is 9.55 Å². The number of hydrogen-bond donors (Lipinski definition) is 1. The van der Waals surface area contributed by atoms with Crippen LogP contribution in [0.4, 0.5) is 11.4 Å². The maximum absolute atomic E-state index is 12.5. The topological polar surface area (TPSA) is 84.3 Å². The van der Waals surface area contributed by atoms with Crippen LogP contribution in [0.1, 0.15) is 31.2 Å². The molecule has 0 radical (unpaired) electrons. The van der Waals surface area contributed by atoms with Crippen molar-refractivity contribution in [2.45, 2.75) is 38.1 Å². The van der Waals surface area contributed by atoms with Crippen molar-refractivity contribution in [3.05, 3.63) is 35.8 Å². The third-order valence-electron chi connectivity index (χ3n) is 4.34. The molecule has 0 saturated heterocycles. The molecule has 2 heterocycles. The lowest BCUT2D eigenvalue weighted by Gasteiger charge is -2.29. The Labute approximate surface area is 147 Å². The summed E-state index contributed by atoms with van der Waals surface area (Å²) >= 11 is 0. The molecule has 0 aliphatic carbocycles. The van der Waals surface area contributed by atoms with Crippen LogP contribution >= 0.6 is 0 Å². The van der Waals surface area contributed by atoms with Crippen LogP contribution in [0, 0.1) is 6.92 Å². The summed E-state index contributed by atoms with van der Waals surface area (Å²) < 4.78 is 29.2. The van der Waals surface area contributed by atoms with Crippen molar-refractivity contribution in [3.63, 3.8) is 0 Å². The molecule has 0 spiro atoms. The Morgan fingerprint density at radius 3 is 2.68 bits per heavy atom. The third-order valence-corrected chi connectivity index (χ3v) is 5.59. The summed E-state index contributed by atoms with van der Waals surface area (Å²) in [5.41, 5.74) is 2.33. The van der Waals surface area contributed by atoms with Crippen LogP contribution in [0.15, 0.2) is 29.4 Å². The van der Waals surface area contributed by atoms with Crippen LogP contribution in [-0.4, -0.2) is 30.4 Å². The molecule has 2 aromatic rings. The van der Waals surface area contributed by atoms with Gasteiger partial charge in [0.1, 0.15) is 5.82 Å². The number of aromatic nitrogens is 2. The summed E-state index contributed by atoms with van der Waals surface area (Å²) in [5, 5.41) is -0.00647. The Morgan fingerprint density at radius 1 is 1.28 bits per heavy atom. The lowest BCUT2D eigenvalue weighted by atomic mass is 10.0. The molecule has 1 aliphatic rings. The number of imidazole rings is 1. The number of sulfonamides is 1. The van der Waals surface area contributed by atoms with Crippen molar-refractivity contribution in [2.75, 3.05) is 16.2 Å². The van der Waals surface area contributed by atoms with E-state index in [0.717, 1.165) is 17.7 Å². The number of amides is 1. The maximum Gasteiger partial charge on any atom is 0.280 e. The Kier molecular flexibility index (Phi) is 4.55. The fraction of sp³-hybridized carbons (Fsp3) is 0.412. The molecular formula is C17H22N4O3S. The molecule has 1 aromatic heterocycles. The van der Waals surface area contributed by atoms with Crippen molar-refractivity contribution in [1.29, 1.82) is 0 Å². The summed E-state index contributed by atoms with van der Waals surface area (Å²) in [4.78, 5) is 17.9. The highest BCUT2D eigenvalue weighted by atomic mass is 32.2. The van der Waals surface area contributed by atoms with Crippen molar-refractivity contribution < 1.29 is 13.2 Å². The second-order valence-electron chi connectivity index (χ2n) is 6.23. The fourth-order valence-electron chi connectivity index (χ4n) is 2.96. The molecule has 0 bridgehead atoms. The lowest BCUT2D eigenvalue weighted by molar-refractivity contribution is -0.118. The Balaban J connectivity index is 1.89. The van der Waals surface area contributed by atoms with Gasteiger partial charge in [-0.3, -0.25) is 9.52 Å². The number of carbonyl (C=O) groups is 1. The van der Waals surface area contributed by atoms with Gasteiger partial charge in [-0.15, -0.1) is 0 Å². The van der Waals surface area contributed by atoms with E-state index in [1.807, 2.05) is 13.0 Å². The second-order valence-corrected chi connectivity index (χ2v) is 7.86. The molecule has 0 atom stereocenters. The number of rotatable bonds is 5. The van der Waals surface area contributed by atoms with E-state index in [1.165, 1.54) is 6.20 Å². The van der Waals surface area contributed by atoms with Crippen LogP contribution in [0.2, 0.25) is 0 Å². The minimum Gasteiger partial charge on any atom is -0.337 e. The highest BCUT2D eigenvalue weighted by Gasteiger charge is 2.25. The van der Waals surface area contributed by atoms with Crippen LogP contribution in [0.3, 0.4) is 0 Å². The smallest absolute Gasteiger partial charge is 0.280 e. The quantitative estimate of drug-likeness (QED) is 0.884. The van der Waals surface area contributed by atoms with Gasteiger partial charge in [0.05, 0.1) is 0 Å². The molecule has 7 nitrogen and oxygen atoms in total. The summed E-state index contributed by atoms with van der Waals surface area (Å²) in [6, 6.07) is 5.30. The number of hydrogen-bond acceptors (Lipinski definition) is 4. The van der Waals surface area contributed by atoms with Gasteiger partial charge in [-0.2, -0.15) is 8.42 Å². The molecule has 0 fully saturated rings. The van der Waals surface area contributed by atoms with Crippen molar-refractivity contribution >= 4 is 27.3 Å². The monoisotopic (exact) mass is 362 g/mol. The SMILES string of the molecule is CCCN1C(=O)CCc2cc(NS(=O)(=O)c3cn(C)c(C)n3)ccc21. The molecule has 0 unspecified atom stereocenters. The molecular weight excluding hydrogens is 340 g/mol. The second kappa shape index (κ2) is 6.51. The van der Waals surface area contributed by atoms with Gasteiger partial charge in [-0.25, -0.2) is 4.98 Å². The molecule has 25 heavy (non-hydrogen) atoms. The van der Waals surface area contributed by atoms with E-state index in [-0.39, 0.29) is 10.9 Å². The van der Waals surface area contributed by atoms with Crippen LogP contribution in [-0.2, 0) is 28.3 Å². The fourth-order valence-corrected chi connectivity index (χ4v) is 4.05. The van der Waals surface area contributed by atoms with Crippen molar-refractivity contribution in [3.8, 4) is 0 Å². The van der Waals surface area contributed by atoms with Gasteiger partial charge >= 0.3 is 0 Å². The highest BCUT2D eigenvalue weighted by molar-refractivity contribution is 7.92. The Bertz CT molecular complexity index is 898. The van der Waals surface area contributed by atoms with E-state index in [9.17, 15) is 13.2 Å². The maximum atomic E-state index is 12.5. The Hall–Kier alpha value is -2.35. The number of carbonyl (C=O) groups excluding carboxylic acids is 1. The summed E-state index contributed by atoms with van der Waals surface area (Å²) in [6.45, 7) is 4.44. The molecule has 1 aromatic carbocycles. The molecule has 1 amide bonds. The van der Waals surface area contributed by atoms with Gasteiger partial charge in [0.2, 0.25) is 5.91 Å². The summed E-state index contributed by atoms with van der Waals surface area (Å²) in [6.07, 6.45) is 3.42. The van der Waals surface area contributed by atoms with Crippen LogP contribution < -0.4 is 9.62 Å². The first-order chi connectivity index (χ1) is 11.8. The van der Waals surface area contributed by atoms with E-state index in [2.05, 4.69) is 9.71 Å². The average Bonchev–Trinajstić information content (AvgIpc) is 2.90. The largest absolute Gasteiger partial charge is 0.337 e. The number of benzene rings is 1. The third kappa shape index (κ3) is 3.39.